The predicted octanol–water partition coefficient (Wildman–Crippen LogP) is 9.68. The van der Waals surface area contributed by atoms with E-state index >= 15 is 0 Å². The molecule has 224 valence electrons. The summed E-state index contributed by atoms with van der Waals surface area (Å²) < 4.78 is 13.6. The van der Waals surface area contributed by atoms with E-state index < -0.39 is 0 Å². The minimum Gasteiger partial charge on any atom is -0.490 e. The Hall–Kier alpha value is -3.08. The van der Waals surface area contributed by atoms with Crippen molar-refractivity contribution < 1.29 is 19.1 Å². The Balaban J connectivity index is 1.65. The van der Waals surface area contributed by atoms with Gasteiger partial charge in [-0.05, 0) is 69.4 Å². The summed E-state index contributed by atoms with van der Waals surface area (Å²) in [6, 6.07) is 15.7. The Morgan fingerprint density at radius 3 is 2.02 bits per heavy atom. The monoisotopic (exact) mass is 561 g/mol. The third-order valence-electron chi connectivity index (χ3n) is 7.80. The van der Waals surface area contributed by atoms with Crippen molar-refractivity contribution in [1.29, 1.82) is 0 Å². The highest BCUT2D eigenvalue weighted by Crippen LogP contribution is 2.26. The average Bonchev–Trinajstić information content (AvgIpc) is 3.35. The summed E-state index contributed by atoms with van der Waals surface area (Å²) in [5.74, 6) is 0.660. The highest BCUT2D eigenvalue weighted by atomic mass is 16.5. The van der Waals surface area contributed by atoms with E-state index in [0.717, 1.165) is 29.5 Å². The molecule has 3 aromatic rings. The minimum absolute atomic E-state index is 0.000269. The van der Waals surface area contributed by atoms with Crippen LogP contribution in [-0.2, 0) is 16.1 Å². The lowest BCUT2D eigenvalue weighted by atomic mass is 10.0. The first-order valence-electron chi connectivity index (χ1n) is 16.1. The number of ketones is 1. The lowest BCUT2D eigenvalue weighted by Crippen LogP contribution is -2.16. The van der Waals surface area contributed by atoms with E-state index in [0.29, 0.717) is 37.1 Å². The number of hydrogen-bond acceptors (Lipinski definition) is 4. The van der Waals surface area contributed by atoms with Crippen molar-refractivity contribution in [2.45, 2.75) is 123 Å². The zero-order chi connectivity index (χ0) is 29.3. The van der Waals surface area contributed by atoms with Gasteiger partial charge in [0.05, 0.1) is 12.7 Å². The fourth-order valence-corrected chi connectivity index (χ4v) is 5.49. The summed E-state index contributed by atoms with van der Waals surface area (Å²) in [5, 5.41) is 0.931. The van der Waals surface area contributed by atoms with Gasteiger partial charge < -0.3 is 14.0 Å². The number of para-hydroxylation sites is 1. The van der Waals surface area contributed by atoms with E-state index in [9.17, 15) is 9.59 Å². The summed E-state index contributed by atoms with van der Waals surface area (Å²) in [7, 11) is 0. The Labute approximate surface area is 247 Å². The summed E-state index contributed by atoms with van der Waals surface area (Å²) in [6.45, 7) is 7.37. The van der Waals surface area contributed by atoms with Gasteiger partial charge in [0, 0.05) is 41.2 Å². The molecule has 0 aliphatic carbocycles. The standard InChI is InChI=1S/C36H51NO4/c1-4-7-9-11-13-18-30(19-14-12-10-8-5-2)41-31-25-23-29(24-26-31)36(39)33-28-37(27-17-22-35(38)40-6-3)34-21-16-15-20-32(33)34/h15-16,20-21,23-26,28,30H,4-14,17-19,22,27H2,1-3H3. The molecule has 0 saturated heterocycles. The van der Waals surface area contributed by atoms with Crippen LogP contribution in [0.1, 0.15) is 127 Å². The van der Waals surface area contributed by atoms with Gasteiger partial charge in [0.2, 0.25) is 0 Å². The zero-order valence-electron chi connectivity index (χ0n) is 25.7. The summed E-state index contributed by atoms with van der Waals surface area (Å²) >= 11 is 0. The number of benzene rings is 2. The number of nitrogens with zero attached hydrogens (tertiary/aromatic N) is 1. The number of esters is 1. The predicted molar refractivity (Wildman–Crippen MR) is 169 cm³/mol. The van der Waals surface area contributed by atoms with Crippen LogP contribution >= 0.6 is 0 Å². The molecule has 0 saturated carbocycles. The lowest BCUT2D eigenvalue weighted by molar-refractivity contribution is -0.143. The van der Waals surface area contributed by atoms with Gasteiger partial charge in [0.1, 0.15) is 5.75 Å². The molecule has 0 bridgehead atoms. The van der Waals surface area contributed by atoms with Crippen molar-refractivity contribution in [3.63, 3.8) is 0 Å². The second-order valence-electron chi connectivity index (χ2n) is 11.2. The summed E-state index contributed by atoms with van der Waals surface area (Å²) in [4.78, 5) is 25.4. The maximum atomic E-state index is 13.6. The molecule has 0 N–H and O–H groups in total. The molecule has 0 aliphatic rings. The molecular formula is C36H51NO4. The molecule has 2 aromatic carbocycles. The number of fused-ring (bicyclic) bond motifs is 1. The first kappa shape index (κ1) is 32.4. The largest absolute Gasteiger partial charge is 0.490 e. The lowest BCUT2D eigenvalue weighted by Gasteiger charge is -2.19. The summed E-state index contributed by atoms with van der Waals surface area (Å²) in [6.07, 6.45) is 18.1. The van der Waals surface area contributed by atoms with E-state index in [2.05, 4.69) is 18.4 Å². The number of hydrogen-bond donors (Lipinski definition) is 0. The Bertz CT molecular complexity index is 1170. The highest BCUT2D eigenvalue weighted by Gasteiger charge is 2.18. The first-order valence-corrected chi connectivity index (χ1v) is 16.1. The topological polar surface area (TPSA) is 57.5 Å². The molecule has 0 amide bonds. The number of aromatic nitrogens is 1. The van der Waals surface area contributed by atoms with Gasteiger partial charge in [0.15, 0.2) is 5.78 Å². The second kappa shape index (κ2) is 18.4. The Morgan fingerprint density at radius 1 is 0.756 bits per heavy atom. The van der Waals surface area contributed by atoms with Crippen LogP contribution in [0.25, 0.3) is 10.9 Å². The van der Waals surface area contributed by atoms with Gasteiger partial charge in [-0.15, -0.1) is 0 Å². The molecule has 0 unspecified atom stereocenters. The van der Waals surface area contributed by atoms with Crippen molar-refractivity contribution in [3.8, 4) is 5.75 Å². The van der Waals surface area contributed by atoms with Gasteiger partial charge in [0.25, 0.3) is 0 Å². The maximum absolute atomic E-state index is 13.6. The molecule has 1 heterocycles. The van der Waals surface area contributed by atoms with Gasteiger partial charge in [-0.3, -0.25) is 9.59 Å². The van der Waals surface area contributed by atoms with Crippen LogP contribution in [-0.4, -0.2) is 29.0 Å². The van der Waals surface area contributed by atoms with Crippen LogP contribution in [0.3, 0.4) is 0 Å². The third-order valence-corrected chi connectivity index (χ3v) is 7.80. The number of rotatable bonds is 21. The normalized spacial score (nSPS) is 11.3. The number of carbonyl (C=O) groups excluding carboxylic acids is 2. The molecule has 0 spiro atoms. The highest BCUT2D eigenvalue weighted by molar-refractivity contribution is 6.16. The Morgan fingerprint density at radius 2 is 1.39 bits per heavy atom. The second-order valence-corrected chi connectivity index (χ2v) is 11.2. The molecule has 5 nitrogen and oxygen atoms in total. The SMILES string of the molecule is CCCCCCCC(CCCCCCC)Oc1ccc(C(=O)c2cn(CCCC(=O)OCC)c3ccccc23)cc1. The fourth-order valence-electron chi connectivity index (χ4n) is 5.49. The molecule has 1 aromatic heterocycles. The van der Waals surface area contributed by atoms with E-state index in [4.69, 9.17) is 9.47 Å². The van der Waals surface area contributed by atoms with Gasteiger partial charge in [-0.1, -0.05) is 83.4 Å². The van der Waals surface area contributed by atoms with Crippen LogP contribution < -0.4 is 4.74 Å². The molecule has 0 fully saturated rings. The van der Waals surface area contributed by atoms with Crippen LogP contribution in [0.5, 0.6) is 5.75 Å². The summed E-state index contributed by atoms with van der Waals surface area (Å²) in [5.41, 5.74) is 2.34. The first-order chi connectivity index (χ1) is 20.1. The minimum atomic E-state index is -0.183. The van der Waals surface area contributed by atoms with Gasteiger partial charge >= 0.3 is 5.97 Å². The van der Waals surface area contributed by atoms with Crippen LogP contribution in [0.2, 0.25) is 0 Å². The number of ether oxygens (including phenoxy) is 2. The van der Waals surface area contributed by atoms with Crippen LogP contribution in [0.15, 0.2) is 54.7 Å². The quantitative estimate of drug-likeness (QED) is 0.0738. The van der Waals surface area contributed by atoms with Gasteiger partial charge in [-0.2, -0.15) is 0 Å². The van der Waals surface area contributed by atoms with E-state index in [-0.39, 0.29) is 17.9 Å². The van der Waals surface area contributed by atoms with E-state index in [1.807, 2.05) is 61.7 Å². The Kier molecular flexibility index (Phi) is 14.5. The van der Waals surface area contributed by atoms with Crippen molar-refractivity contribution in [2.75, 3.05) is 6.61 Å². The van der Waals surface area contributed by atoms with E-state index in [1.54, 1.807) is 0 Å². The fraction of sp³-hybridized carbons (Fsp3) is 0.556. The molecule has 0 atom stereocenters. The van der Waals surface area contributed by atoms with Crippen LogP contribution in [0, 0.1) is 0 Å². The third kappa shape index (κ3) is 10.7. The maximum Gasteiger partial charge on any atom is 0.305 e. The average molecular weight is 562 g/mol. The molecular weight excluding hydrogens is 510 g/mol. The number of carbonyl (C=O) groups is 2. The molecule has 0 aliphatic heterocycles. The van der Waals surface area contributed by atoms with Crippen LogP contribution in [0.4, 0.5) is 0 Å². The number of aryl methyl sites for hydroxylation is 1. The number of unbranched alkanes of at least 4 members (excludes halogenated alkanes) is 8. The smallest absolute Gasteiger partial charge is 0.305 e. The van der Waals surface area contributed by atoms with Crippen molar-refractivity contribution in [2.24, 2.45) is 0 Å². The zero-order valence-corrected chi connectivity index (χ0v) is 25.7. The van der Waals surface area contributed by atoms with Crippen molar-refractivity contribution in [1.82, 2.24) is 4.57 Å². The molecule has 3 rings (SSSR count). The van der Waals surface area contributed by atoms with Gasteiger partial charge in [-0.25, -0.2) is 0 Å². The molecule has 0 radical (unpaired) electrons. The molecule has 41 heavy (non-hydrogen) atoms. The molecule has 5 heteroatoms. The van der Waals surface area contributed by atoms with E-state index in [1.165, 1.54) is 64.2 Å². The van der Waals surface area contributed by atoms with Crippen molar-refractivity contribution in [3.05, 3.63) is 65.9 Å². The van der Waals surface area contributed by atoms with Crippen molar-refractivity contribution >= 4 is 22.7 Å².